The van der Waals surface area contributed by atoms with Gasteiger partial charge in [0, 0.05) is 0 Å². The molecule has 1 saturated heterocycles. The molecule has 0 bridgehead atoms. The Morgan fingerprint density at radius 2 is 1.47 bits per heavy atom. The maximum absolute atomic E-state index is 12.3. The Labute approximate surface area is 212 Å². The summed E-state index contributed by atoms with van der Waals surface area (Å²) in [5.74, 6) is 0. The van der Waals surface area contributed by atoms with Crippen LogP contribution in [0.5, 0.6) is 0 Å². The second kappa shape index (κ2) is 12.9. The summed E-state index contributed by atoms with van der Waals surface area (Å²) in [4.78, 5) is 12.3. The number of carbonyl (C=O) groups is 1. The standard InChI is InChI=1S/C23H26Cl3NO7/c24-23(25,26)14-33-22(30)27-18-20(32-13-16-9-5-2-6-10-16)19(17(11-28)34-21(18)29)31-12-15-7-3-1-4-8-15/h1-10,17-21,28-29H,11-14H2,(H,27,30)/t17-,18-,19-,20-,21+/m1/s1. The van der Waals surface area contributed by atoms with Crippen LogP contribution in [-0.2, 0) is 32.2 Å². The first-order chi connectivity index (χ1) is 16.3. The molecule has 11 heteroatoms. The molecule has 1 aliphatic rings. The number of ether oxygens (including phenoxy) is 4. The number of alkyl carbamates (subject to hydrolysis) is 1. The van der Waals surface area contributed by atoms with Crippen molar-refractivity contribution >= 4 is 40.9 Å². The van der Waals surface area contributed by atoms with Gasteiger partial charge < -0.3 is 34.5 Å². The van der Waals surface area contributed by atoms with E-state index in [-0.39, 0.29) is 13.2 Å². The number of hydrogen-bond donors (Lipinski definition) is 3. The Kier molecular flexibility index (Phi) is 10.2. The quantitative estimate of drug-likeness (QED) is 0.424. The number of halogens is 3. The fraction of sp³-hybridized carbons (Fsp3) is 0.435. The molecule has 5 atom stereocenters. The minimum Gasteiger partial charge on any atom is -0.445 e. The minimum atomic E-state index is -1.80. The zero-order valence-corrected chi connectivity index (χ0v) is 20.3. The van der Waals surface area contributed by atoms with E-state index in [1.807, 2.05) is 60.7 Å². The van der Waals surface area contributed by atoms with Gasteiger partial charge in [-0.2, -0.15) is 0 Å². The van der Waals surface area contributed by atoms with Crippen molar-refractivity contribution in [3.05, 3.63) is 71.8 Å². The molecule has 8 nitrogen and oxygen atoms in total. The molecule has 0 spiro atoms. The molecule has 1 aliphatic heterocycles. The van der Waals surface area contributed by atoms with Gasteiger partial charge in [0.05, 0.1) is 19.8 Å². The third kappa shape index (κ3) is 8.25. The molecule has 34 heavy (non-hydrogen) atoms. The van der Waals surface area contributed by atoms with Gasteiger partial charge in [0.25, 0.3) is 0 Å². The maximum atomic E-state index is 12.3. The number of nitrogens with one attached hydrogen (secondary N) is 1. The van der Waals surface area contributed by atoms with Crippen LogP contribution in [0.3, 0.4) is 0 Å². The van der Waals surface area contributed by atoms with Gasteiger partial charge in [0.1, 0.15) is 31.0 Å². The Balaban J connectivity index is 1.79. The zero-order chi connectivity index (χ0) is 24.6. The molecule has 2 aromatic rings. The van der Waals surface area contributed by atoms with E-state index in [9.17, 15) is 15.0 Å². The Morgan fingerprint density at radius 1 is 0.941 bits per heavy atom. The highest BCUT2D eigenvalue weighted by Crippen LogP contribution is 2.28. The summed E-state index contributed by atoms with van der Waals surface area (Å²) < 4.78 is 20.8. The molecular formula is C23H26Cl3NO7. The van der Waals surface area contributed by atoms with Crippen molar-refractivity contribution in [1.29, 1.82) is 0 Å². The molecule has 0 aliphatic carbocycles. The molecule has 1 amide bonds. The first-order valence-corrected chi connectivity index (χ1v) is 11.7. The summed E-state index contributed by atoms with van der Waals surface area (Å²) in [6.07, 6.45) is -5.12. The van der Waals surface area contributed by atoms with Crippen molar-refractivity contribution < 1.29 is 34.0 Å². The van der Waals surface area contributed by atoms with E-state index >= 15 is 0 Å². The van der Waals surface area contributed by atoms with Crippen LogP contribution in [0.1, 0.15) is 11.1 Å². The predicted octanol–water partition coefficient (Wildman–Crippen LogP) is 3.33. The largest absolute Gasteiger partial charge is 0.445 e. The average Bonchev–Trinajstić information content (AvgIpc) is 2.82. The molecule has 1 fully saturated rings. The first kappa shape index (κ1) is 27.0. The van der Waals surface area contributed by atoms with Gasteiger partial charge in [0.2, 0.25) is 3.79 Å². The highest BCUT2D eigenvalue weighted by molar-refractivity contribution is 6.67. The lowest BCUT2D eigenvalue weighted by Gasteiger charge is -2.44. The van der Waals surface area contributed by atoms with Crippen molar-refractivity contribution in [2.75, 3.05) is 13.2 Å². The Bertz CT molecular complexity index is 885. The van der Waals surface area contributed by atoms with Crippen LogP contribution in [0.4, 0.5) is 4.79 Å². The van der Waals surface area contributed by atoms with Crippen LogP contribution in [-0.4, -0.2) is 64.0 Å². The topological polar surface area (TPSA) is 106 Å². The third-order valence-electron chi connectivity index (χ3n) is 5.07. The lowest BCUT2D eigenvalue weighted by atomic mass is 9.96. The van der Waals surface area contributed by atoms with Crippen molar-refractivity contribution in [2.24, 2.45) is 0 Å². The smallest absolute Gasteiger partial charge is 0.407 e. The monoisotopic (exact) mass is 533 g/mol. The predicted molar refractivity (Wildman–Crippen MR) is 127 cm³/mol. The summed E-state index contributed by atoms with van der Waals surface area (Å²) in [5.41, 5.74) is 1.75. The summed E-state index contributed by atoms with van der Waals surface area (Å²) in [6, 6.07) is 17.6. The van der Waals surface area contributed by atoms with Gasteiger partial charge in [-0.3, -0.25) is 0 Å². The second-order valence-electron chi connectivity index (χ2n) is 7.63. The van der Waals surface area contributed by atoms with Crippen LogP contribution in [0.25, 0.3) is 0 Å². The average molecular weight is 535 g/mol. The lowest BCUT2D eigenvalue weighted by Crippen LogP contribution is -2.65. The summed E-state index contributed by atoms with van der Waals surface area (Å²) >= 11 is 16.9. The fourth-order valence-corrected chi connectivity index (χ4v) is 3.64. The maximum Gasteiger partial charge on any atom is 0.407 e. The molecule has 0 aromatic heterocycles. The Morgan fingerprint density at radius 3 is 1.97 bits per heavy atom. The number of rotatable bonds is 9. The van der Waals surface area contributed by atoms with Crippen molar-refractivity contribution in [2.45, 2.75) is 47.7 Å². The second-order valence-corrected chi connectivity index (χ2v) is 10.1. The number of alkyl halides is 3. The molecule has 186 valence electrons. The van der Waals surface area contributed by atoms with Crippen molar-refractivity contribution in [3.63, 3.8) is 0 Å². The van der Waals surface area contributed by atoms with E-state index in [4.69, 9.17) is 53.8 Å². The molecule has 3 rings (SSSR count). The molecule has 0 saturated carbocycles. The minimum absolute atomic E-state index is 0.156. The molecular weight excluding hydrogens is 509 g/mol. The number of benzene rings is 2. The molecule has 1 heterocycles. The third-order valence-corrected chi connectivity index (χ3v) is 5.39. The fourth-order valence-electron chi connectivity index (χ4n) is 3.48. The van der Waals surface area contributed by atoms with Gasteiger partial charge >= 0.3 is 6.09 Å². The number of amides is 1. The molecule has 0 unspecified atom stereocenters. The zero-order valence-electron chi connectivity index (χ0n) is 18.1. The number of aliphatic hydroxyl groups is 2. The van der Waals surface area contributed by atoms with Crippen molar-refractivity contribution in [1.82, 2.24) is 5.32 Å². The van der Waals surface area contributed by atoms with Gasteiger partial charge in [-0.15, -0.1) is 0 Å². The van der Waals surface area contributed by atoms with E-state index in [0.29, 0.717) is 0 Å². The molecule has 3 N–H and O–H groups in total. The molecule has 0 radical (unpaired) electrons. The van der Waals surface area contributed by atoms with Crippen LogP contribution in [0, 0.1) is 0 Å². The SMILES string of the molecule is O=C(N[C@@H]1[C@@H](OCc2ccccc2)[C@H](OCc2ccccc2)[C@@H](CO)O[C@@H]1O)OCC(Cl)(Cl)Cl. The summed E-state index contributed by atoms with van der Waals surface area (Å²) in [5, 5.41) is 23.0. The summed E-state index contributed by atoms with van der Waals surface area (Å²) in [7, 11) is 0. The number of carbonyl (C=O) groups excluding carboxylic acids is 1. The van der Waals surface area contributed by atoms with Crippen molar-refractivity contribution in [3.8, 4) is 0 Å². The van der Waals surface area contributed by atoms with Gasteiger partial charge in [-0.25, -0.2) is 4.79 Å². The Hall–Kier alpha value is -1.62. The molecule has 2 aromatic carbocycles. The van der Waals surface area contributed by atoms with E-state index in [2.05, 4.69) is 5.32 Å². The van der Waals surface area contributed by atoms with E-state index in [1.54, 1.807) is 0 Å². The number of hydrogen-bond acceptors (Lipinski definition) is 7. The van der Waals surface area contributed by atoms with Gasteiger partial charge in [-0.1, -0.05) is 95.5 Å². The highest BCUT2D eigenvalue weighted by Gasteiger charge is 2.48. The van der Waals surface area contributed by atoms with E-state index in [1.165, 1.54) is 0 Å². The van der Waals surface area contributed by atoms with Gasteiger partial charge in [-0.05, 0) is 11.1 Å². The first-order valence-electron chi connectivity index (χ1n) is 10.5. The normalized spacial score (nSPS) is 25.0. The van der Waals surface area contributed by atoms with E-state index < -0.39 is 53.7 Å². The van der Waals surface area contributed by atoms with Gasteiger partial charge in [0.15, 0.2) is 6.29 Å². The number of aliphatic hydroxyl groups excluding tert-OH is 2. The highest BCUT2D eigenvalue weighted by atomic mass is 35.6. The van der Waals surface area contributed by atoms with Crippen LogP contribution < -0.4 is 5.32 Å². The van der Waals surface area contributed by atoms with Crippen LogP contribution in [0.2, 0.25) is 0 Å². The lowest BCUT2D eigenvalue weighted by molar-refractivity contribution is -0.274. The van der Waals surface area contributed by atoms with Crippen LogP contribution >= 0.6 is 34.8 Å². The van der Waals surface area contributed by atoms with Crippen LogP contribution in [0.15, 0.2) is 60.7 Å². The summed E-state index contributed by atoms with van der Waals surface area (Å²) in [6.45, 7) is -0.595. The van der Waals surface area contributed by atoms with E-state index in [0.717, 1.165) is 11.1 Å².